The van der Waals surface area contributed by atoms with Gasteiger partial charge in [-0.1, -0.05) is 13.0 Å². The van der Waals surface area contributed by atoms with Crippen molar-refractivity contribution in [3.05, 3.63) is 53.9 Å². The minimum absolute atomic E-state index is 0.237. The monoisotopic (exact) mass is 248 g/mol. The molecule has 0 saturated carbocycles. The Kier molecular flexibility index (Phi) is 3.99. The van der Waals surface area contributed by atoms with E-state index in [1.54, 1.807) is 12.1 Å². The summed E-state index contributed by atoms with van der Waals surface area (Å²) < 4.78 is 27.3. The summed E-state index contributed by atoms with van der Waals surface area (Å²) in [6, 6.07) is 6.20. The summed E-state index contributed by atoms with van der Waals surface area (Å²) in [5.74, 6) is -0.947. The lowest BCUT2D eigenvalue weighted by Crippen LogP contribution is -2.11. The van der Waals surface area contributed by atoms with Gasteiger partial charge in [0.2, 0.25) is 0 Å². The topological polar surface area (TPSA) is 24.9 Å². The van der Waals surface area contributed by atoms with Crippen molar-refractivity contribution >= 4 is 0 Å². The number of rotatable bonds is 4. The predicted octanol–water partition coefficient (Wildman–Crippen LogP) is 3.14. The van der Waals surface area contributed by atoms with Crippen molar-refractivity contribution in [3.8, 4) is 11.1 Å². The van der Waals surface area contributed by atoms with Crippen molar-refractivity contribution in [2.24, 2.45) is 0 Å². The predicted molar refractivity (Wildman–Crippen MR) is 67.0 cm³/mol. The van der Waals surface area contributed by atoms with Gasteiger partial charge in [-0.2, -0.15) is 0 Å². The zero-order chi connectivity index (χ0) is 13.0. The number of pyridine rings is 1. The van der Waals surface area contributed by atoms with Gasteiger partial charge in [-0.3, -0.25) is 4.98 Å². The van der Waals surface area contributed by atoms with Crippen LogP contribution in [0.15, 0.2) is 36.7 Å². The van der Waals surface area contributed by atoms with Crippen LogP contribution in [-0.4, -0.2) is 11.5 Å². The molecule has 1 N–H and O–H groups in total. The summed E-state index contributed by atoms with van der Waals surface area (Å²) >= 11 is 0. The van der Waals surface area contributed by atoms with Crippen molar-refractivity contribution in [2.45, 2.75) is 13.5 Å². The molecule has 0 aliphatic rings. The van der Waals surface area contributed by atoms with Crippen LogP contribution in [0.3, 0.4) is 0 Å². The van der Waals surface area contributed by atoms with Crippen molar-refractivity contribution in [1.82, 2.24) is 10.3 Å². The van der Waals surface area contributed by atoms with Gasteiger partial charge in [-0.25, -0.2) is 8.78 Å². The second-order valence-electron chi connectivity index (χ2n) is 3.95. The minimum atomic E-state index is -0.517. The largest absolute Gasteiger partial charge is 0.313 e. The van der Waals surface area contributed by atoms with Gasteiger partial charge in [0, 0.05) is 23.9 Å². The smallest absolute Gasteiger partial charge is 0.149 e. The fourth-order valence-electron chi connectivity index (χ4n) is 1.75. The summed E-state index contributed by atoms with van der Waals surface area (Å²) in [6.07, 6.45) is 2.54. The average Bonchev–Trinajstić information content (AvgIpc) is 2.39. The molecule has 18 heavy (non-hydrogen) atoms. The van der Waals surface area contributed by atoms with E-state index in [1.165, 1.54) is 18.3 Å². The van der Waals surface area contributed by atoms with Gasteiger partial charge < -0.3 is 5.32 Å². The number of nitrogens with one attached hydrogen (secondary N) is 1. The molecule has 0 aliphatic heterocycles. The van der Waals surface area contributed by atoms with Gasteiger partial charge in [0.1, 0.15) is 11.6 Å². The first-order valence-corrected chi connectivity index (χ1v) is 5.81. The first kappa shape index (κ1) is 12.6. The van der Waals surface area contributed by atoms with E-state index < -0.39 is 11.6 Å². The van der Waals surface area contributed by atoms with Gasteiger partial charge in [0.15, 0.2) is 0 Å². The highest BCUT2D eigenvalue weighted by molar-refractivity contribution is 5.65. The normalized spacial score (nSPS) is 10.6. The lowest BCUT2D eigenvalue weighted by Gasteiger charge is -2.08. The molecule has 2 aromatic rings. The molecule has 0 unspecified atom stereocenters. The van der Waals surface area contributed by atoms with Gasteiger partial charge >= 0.3 is 0 Å². The molecule has 2 nitrogen and oxygen atoms in total. The molecular weight excluding hydrogens is 234 g/mol. The Balaban J connectivity index is 2.40. The van der Waals surface area contributed by atoms with E-state index in [-0.39, 0.29) is 11.1 Å². The van der Waals surface area contributed by atoms with Crippen LogP contribution in [0, 0.1) is 11.6 Å². The Morgan fingerprint density at radius 2 is 1.94 bits per heavy atom. The summed E-state index contributed by atoms with van der Waals surface area (Å²) in [4.78, 5) is 3.66. The molecular formula is C14H14F2N2. The third-order valence-electron chi connectivity index (χ3n) is 2.67. The SMILES string of the molecule is CCNCc1ccc(F)c(-c2ccncc2F)c1. The van der Waals surface area contributed by atoms with Gasteiger partial charge in [0.25, 0.3) is 0 Å². The molecule has 0 aliphatic carbocycles. The fraction of sp³-hybridized carbons (Fsp3) is 0.214. The Morgan fingerprint density at radius 3 is 2.67 bits per heavy atom. The molecule has 1 aromatic carbocycles. The third-order valence-corrected chi connectivity index (χ3v) is 2.67. The number of hydrogen-bond acceptors (Lipinski definition) is 2. The molecule has 0 radical (unpaired) electrons. The maximum atomic E-state index is 13.8. The Bertz CT molecular complexity index is 541. The molecule has 0 fully saturated rings. The van der Waals surface area contributed by atoms with Crippen LogP contribution in [-0.2, 0) is 6.54 Å². The number of nitrogens with zero attached hydrogens (tertiary/aromatic N) is 1. The van der Waals surface area contributed by atoms with E-state index in [0.29, 0.717) is 6.54 Å². The van der Waals surface area contributed by atoms with Crippen LogP contribution in [0.2, 0.25) is 0 Å². The van der Waals surface area contributed by atoms with Crippen LogP contribution in [0.4, 0.5) is 8.78 Å². The maximum Gasteiger partial charge on any atom is 0.149 e. The first-order chi connectivity index (χ1) is 8.72. The molecule has 0 bridgehead atoms. The van der Waals surface area contributed by atoms with Crippen molar-refractivity contribution in [1.29, 1.82) is 0 Å². The third kappa shape index (κ3) is 2.71. The fourth-order valence-corrected chi connectivity index (χ4v) is 1.75. The lowest BCUT2D eigenvalue weighted by atomic mass is 10.0. The zero-order valence-corrected chi connectivity index (χ0v) is 10.1. The van der Waals surface area contributed by atoms with Crippen molar-refractivity contribution < 1.29 is 8.78 Å². The molecule has 0 amide bonds. The van der Waals surface area contributed by atoms with Crippen molar-refractivity contribution in [3.63, 3.8) is 0 Å². The zero-order valence-electron chi connectivity index (χ0n) is 10.1. The molecule has 0 atom stereocenters. The Hall–Kier alpha value is -1.81. The van der Waals surface area contributed by atoms with E-state index in [4.69, 9.17) is 0 Å². The Morgan fingerprint density at radius 1 is 1.11 bits per heavy atom. The quantitative estimate of drug-likeness (QED) is 0.899. The second-order valence-corrected chi connectivity index (χ2v) is 3.95. The minimum Gasteiger partial charge on any atom is -0.313 e. The summed E-state index contributed by atoms with van der Waals surface area (Å²) in [6.45, 7) is 3.46. The van der Waals surface area contributed by atoms with E-state index in [1.807, 2.05) is 6.92 Å². The molecule has 94 valence electrons. The van der Waals surface area contributed by atoms with Crippen LogP contribution in [0.25, 0.3) is 11.1 Å². The van der Waals surface area contributed by atoms with Crippen molar-refractivity contribution in [2.75, 3.05) is 6.54 Å². The molecule has 1 aromatic heterocycles. The number of benzene rings is 1. The van der Waals surface area contributed by atoms with E-state index in [2.05, 4.69) is 10.3 Å². The Labute approximate surface area is 105 Å². The number of hydrogen-bond donors (Lipinski definition) is 1. The van der Waals surface area contributed by atoms with Gasteiger partial charge in [0.05, 0.1) is 6.20 Å². The van der Waals surface area contributed by atoms with Gasteiger partial charge in [-0.05, 0) is 30.3 Å². The molecule has 0 saturated heterocycles. The highest BCUT2D eigenvalue weighted by Gasteiger charge is 2.10. The van der Waals surface area contributed by atoms with E-state index >= 15 is 0 Å². The average molecular weight is 248 g/mol. The summed E-state index contributed by atoms with van der Waals surface area (Å²) in [5.41, 5.74) is 1.43. The molecule has 4 heteroatoms. The highest BCUT2D eigenvalue weighted by Crippen LogP contribution is 2.25. The second kappa shape index (κ2) is 5.69. The summed E-state index contributed by atoms with van der Waals surface area (Å²) in [7, 11) is 0. The van der Waals surface area contributed by atoms with Crippen LogP contribution in [0.5, 0.6) is 0 Å². The van der Waals surface area contributed by atoms with Crippen LogP contribution in [0.1, 0.15) is 12.5 Å². The maximum absolute atomic E-state index is 13.8. The molecule has 2 rings (SSSR count). The lowest BCUT2D eigenvalue weighted by molar-refractivity contribution is 0.611. The van der Waals surface area contributed by atoms with Crippen LogP contribution >= 0.6 is 0 Å². The van der Waals surface area contributed by atoms with Gasteiger partial charge in [-0.15, -0.1) is 0 Å². The molecule has 0 spiro atoms. The van der Waals surface area contributed by atoms with Crippen LogP contribution < -0.4 is 5.32 Å². The number of halogens is 2. The highest BCUT2D eigenvalue weighted by atomic mass is 19.1. The summed E-state index contributed by atoms with van der Waals surface area (Å²) in [5, 5.41) is 3.15. The number of aromatic nitrogens is 1. The van der Waals surface area contributed by atoms with E-state index in [9.17, 15) is 8.78 Å². The standard InChI is InChI=1S/C14H14F2N2/c1-2-17-8-10-3-4-13(15)12(7-10)11-5-6-18-9-14(11)16/h3-7,9,17H,2,8H2,1H3. The van der Waals surface area contributed by atoms with E-state index in [0.717, 1.165) is 18.3 Å². The first-order valence-electron chi connectivity index (χ1n) is 5.81. The molecule has 1 heterocycles.